The molecule has 0 bridgehead atoms. The molecule has 0 heterocycles. The number of carbonyl (C=O) groups is 1. The molecule has 1 rings (SSSR count). The molecule has 0 aliphatic heterocycles. The minimum Gasteiger partial charge on any atom is -0.462 e. The smallest absolute Gasteiger partial charge is 0.339 e. The zero-order valence-corrected chi connectivity index (χ0v) is 21.0. The Bertz CT molecular complexity index is 547. The maximum Gasteiger partial charge on any atom is 0.339 e. The molecule has 1 aromatic rings. The van der Waals surface area contributed by atoms with E-state index in [-0.39, 0.29) is 5.97 Å². The normalized spacial score (nSPS) is 10.9. The SMILES string of the molecule is CCCCCCCCCCCCOC(=O)c1cc(Br)c(Br)c(Br)c1Br. The third kappa shape index (κ3) is 8.89. The van der Waals surface area contributed by atoms with Crippen LogP contribution in [0.2, 0.25) is 0 Å². The fraction of sp³-hybridized carbons (Fsp3) is 0.632. The molecule has 0 aliphatic carbocycles. The van der Waals surface area contributed by atoms with Gasteiger partial charge in [-0.25, -0.2) is 4.79 Å². The number of halogens is 4. The maximum absolute atomic E-state index is 12.2. The number of ether oxygens (including phenoxy) is 1. The van der Waals surface area contributed by atoms with Gasteiger partial charge in [0.05, 0.1) is 12.2 Å². The highest BCUT2D eigenvalue weighted by molar-refractivity contribution is 9.15. The van der Waals surface area contributed by atoms with Gasteiger partial charge in [-0.15, -0.1) is 0 Å². The van der Waals surface area contributed by atoms with E-state index in [9.17, 15) is 4.79 Å². The first kappa shape index (κ1) is 23.6. The number of unbranched alkanes of at least 4 members (excludes halogenated alkanes) is 9. The average molecular weight is 606 g/mol. The van der Waals surface area contributed by atoms with Crippen LogP contribution in [0.3, 0.4) is 0 Å². The molecular formula is C19H26Br4O2. The highest BCUT2D eigenvalue weighted by Gasteiger charge is 2.18. The highest BCUT2D eigenvalue weighted by atomic mass is 79.9. The lowest BCUT2D eigenvalue weighted by atomic mass is 10.1. The molecule has 2 nitrogen and oxygen atoms in total. The molecule has 142 valence electrons. The van der Waals surface area contributed by atoms with Gasteiger partial charge in [0, 0.05) is 17.9 Å². The topological polar surface area (TPSA) is 26.3 Å². The molecule has 1 aromatic carbocycles. The molecule has 0 fully saturated rings. The van der Waals surface area contributed by atoms with Crippen molar-refractivity contribution in [2.24, 2.45) is 0 Å². The number of rotatable bonds is 12. The molecule has 6 heteroatoms. The first-order valence-electron chi connectivity index (χ1n) is 8.99. The average Bonchev–Trinajstić information content (AvgIpc) is 2.60. The van der Waals surface area contributed by atoms with Crippen molar-refractivity contribution >= 4 is 69.7 Å². The van der Waals surface area contributed by atoms with E-state index in [0.717, 1.165) is 26.3 Å². The van der Waals surface area contributed by atoms with Crippen molar-refractivity contribution in [1.82, 2.24) is 0 Å². The first-order valence-corrected chi connectivity index (χ1v) is 12.2. The Hall–Kier alpha value is 0.610. The van der Waals surface area contributed by atoms with Crippen LogP contribution in [0.1, 0.15) is 81.5 Å². The van der Waals surface area contributed by atoms with Crippen LogP contribution in [0.4, 0.5) is 0 Å². The summed E-state index contributed by atoms with van der Waals surface area (Å²) in [4.78, 5) is 12.2. The van der Waals surface area contributed by atoms with E-state index in [0.29, 0.717) is 16.6 Å². The van der Waals surface area contributed by atoms with Gasteiger partial charge < -0.3 is 4.74 Å². The van der Waals surface area contributed by atoms with Gasteiger partial charge in [-0.3, -0.25) is 0 Å². The molecule has 0 saturated carbocycles. The van der Waals surface area contributed by atoms with Crippen LogP contribution in [0, 0.1) is 0 Å². The minimum atomic E-state index is -0.295. The molecule has 0 unspecified atom stereocenters. The summed E-state index contributed by atoms with van der Waals surface area (Å²) in [6, 6.07) is 1.76. The monoisotopic (exact) mass is 602 g/mol. The molecule has 0 N–H and O–H groups in total. The molecule has 0 aromatic heterocycles. The fourth-order valence-corrected chi connectivity index (χ4v) is 4.73. The lowest BCUT2D eigenvalue weighted by Crippen LogP contribution is -2.08. The molecular weight excluding hydrogens is 580 g/mol. The molecule has 0 atom stereocenters. The Morgan fingerprint density at radius 2 is 1.32 bits per heavy atom. The van der Waals surface area contributed by atoms with E-state index in [1.807, 2.05) is 0 Å². The van der Waals surface area contributed by atoms with Gasteiger partial charge in [-0.05, 0) is 76.2 Å². The van der Waals surface area contributed by atoms with Gasteiger partial charge >= 0.3 is 5.97 Å². The van der Waals surface area contributed by atoms with Crippen LogP contribution >= 0.6 is 63.7 Å². The Morgan fingerprint density at radius 1 is 0.800 bits per heavy atom. The van der Waals surface area contributed by atoms with E-state index in [4.69, 9.17) is 4.74 Å². The quantitative estimate of drug-likeness (QED) is 0.103. The van der Waals surface area contributed by atoms with Crippen LogP contribution in [0.5, 0.6) is 0 Å². The van der Waals surface area contributed by atoms with Gasteiger partial charge in [-0.1, -0.05) is 64.7 Å². The van der Waals surface area contributed by atoms with E-state index >= 15 is 0 Å². The minimum absolute atomic E-state index is 0.295. The molecule has 0 spiro atoms. The number of hydrogen-bond donors (Lipinski definition) is 0. The van der Waals surface area contributed by atoms with Crippen molar-refractivity contribution in [3.63, 3.8) is 0 Å². The summed E-state index contributed by atoms with van der Waals surface area (Å²) in [5.74, 6) is -0.295. The van der Waals surface area contributed by atoms with E-state index < -0.39 is 0 Å². The van der Waals surface area contributed by atoms with Crippen LogP contribution in [0.25, 0.3) is 0 Å². The van der Waals surface area contributed by atoms with Crippen LogP contribution in [-0.4, -0.2) is 12.6 Å². The maximum atomic E-state index is 12.2. The standard InChI is InChI=1S/C19H26Br4O2/c1-2-3-4-5-6-7-8-9-10-11-12-25-19(24)14-13-15(20)17(22)18(23)16(14)21/h13H,2-12H2,1H3. The van der Waals surface area contributed by atoms with Crippen molar-refractivity contribution in [2.45, 2.75) is 71.1 Å². The van der Waals surface area contributed by atoms with Crippen LogP contribution in [0.15, 0.2) is 24.0 Å². The zero-order chi connectivity index (χ0) is 18.7. The van der Waals surface area contributed by atoms with Crippen molar-refractivity contribution in [3.8, 4) is 0 Å². The summed E-state index contributed by atoms with van der Waals surface area (Å²) in [5.41, 5.74) is 0.522. The second-order valence-electron chi connectivity index (χ2n) is 6.17. The summed E-state index contributed by atoms with van der Waals surface area (Å²) in [7, 11) is 0. The van der Waals surface area contributed by atoms with E-state index in [1.54, 1.807) is 6.07 Å². The number of benzene rings is 1. The van der Waals surface area contributed by atoms with Gasteiger partial charge in [0.1, 0.15) is 0 Å². The largest absolute Gasteiger partial charge is 0.462 e. The summed E-state index contributed by atoms with van der Waals surface area (Å²) in [5, 5.41) is 0. The van der Waals surface area contributed by atoms with Crippen molar-refractivity contribution in [3.05, 3.63) is 29.5 Å². The Balaban J connectivity index is 2.18. The van der Waals surface area contributed by atoms with Gasteiger partial charge in [0.2, 0.25) is 0 Å². The van der Waals surface area contributed by atoms with Crippen molar-refractivity contribution in [2.75, 3.05) is 6.61 Å². The summed E-state index contributed by atoms with van der Waals surface area (Å²) in [6.07, 6.45) is 12.7. The summed E-state index contributed by atoms with van der Waals surface area (Å²) in [6.45, 7) is 2.73. The van der Waals surface area contributed by atoms with Crippen LogP contribution < -0.4 is 0 Å². The van der Waals surface area contributed by atoms with Gasteiger partial charge in [0.15, 0.2) is 0 Å². The molecule has 0 amide bonds. The van der Waals surface area contributed by atoms with Crippen molar-refractivity contribution < 1.29 is 9.53 Å². The molecule has 25 heavy (non-hydrogen) atoms. The summed E-state index contributed by atoms with van der Waals surface area (Å²) >= 11 is 13.8. The lowest BCUT2D eigenvalue weighted by Gasteiger charge is -2.10. The summed E-state index contributed by atoms with van der Waals surface area (Å²) < 4.78 is 8.59. The van der Waals surface area contributed by atoms with Gasteiger partial charge in [0.25, 0.3) is 0 Å². The number of carbonyl (C=O) groups excluding carboxylic acids is 1. The Morgan fingerprint density at radius 3 is 1.88 bits per heavy atom. The second-order valence-corrected chi connectivity index (χ2v) is 9.40. The van der Waals surface area contributed by atoms with E-state index in [1.165, 1.54) is 51.4 Å². The molecule has 0 saturated heterocycles. The Kier molecular flexibility index (Phi) is 13.0. The number of esters is 1. The zero-order valence-electron chi connectivity index (χ0n) is 14.7. The van der Waals surface area contributed by atoms with Crippen LogP contribution in [-0.2, 0) is 4.74 Å². The predicted molar refractivity (Wildman–Crippen MR) is 119 cm³/mol. The molecule has 0 radical (unpaired) electrons. The predicted octanol–water partition coefficient (Wildman–Crippen LogP) is 8.81. The highest BCUT2D eigenvalue weighted by Crippen LogP contribution is 2.39. The lowest BCUT2D eigenvalue weighted by molar-refractivity contribution is 0.0496. The van der Waals surface area contributed by atoms with Gasteiger partial charge in [-0.2, -0.15) is 0 Å². The number of hydrogen-bond acceptors (Lipinski definition) is 2. The van der Waals surface area contributed by atoms with E-state index in [2.05, 4.69) is 70.6 Å². The third-order valence-corrected chi connectivity index (χ3v) is 8.72. The molecule has 0 aliphatic rings. The Labute approximate surface area is 185 Å². The third-order valence-electron chi connectivity index (χ3n) is 4.05. The first-order chi connectivity index (χ1) is 12.0. The second kappa shape index (κ2) is 13.7. The fourth-order valence-electron chi connectivity index (χ4n) is 2.55. The van der Waals surface area contributed by atoms with Crippen molar-refractivity contribution in [1.29, 1.82) is 0 Å².